The van der Waals surface area contributed by atoms with E-state index in [2.05, 4.69) is 26.0 Å². The lowest BCUT2D eigenvalue weighted by Crippen LogP contribution is -1.94. The molecule has 0 N–H and O–H groups in total. The Morgan fingerprint density at radius 2 is 1.95 bits per heavy atom. The zero-order valence-corrected chi connectivity index (χ0v) is 13.0. The van der Waals surface area contributed by atoms with Crippen LogP contribution in [-0.4, -0.2) is 21.1 Å². The first-order chi connectivity index (χ1) is 10.2. The first kappa shape index (κ1) is 14.0. The van der Waals surface area contributed by atoms with Gasteiger partial charge in [0.05, 0.1) is 16.3 Å². The quantitative estimate of drug-likeness (QED) is 0.657. The number of hydrogen-bond acceptors (Lipinski definition) is 3. The van der Waals surface area contributed by atoms with Crippen LogP contribution in [0.3, 0.4) is 0 Å². The van der Waals surface area contributed by atoms with Gasteiger partial charge in [-0.25, -0.2) is 4.68 Å². The Kier molecular flexibility index (Phi) is 3.86. The molecule has 0 atom stereocenters. The zero-order chi connectivity index (χ0) is 14.8. The van der Waals surface area contributed by atoms with Gasteiger partial charge in [-0.3, -0.25) is 9.78 Å². The molecule has 0 aliphatic rings. The van der Waals surface area contributed by atoms with E-state index in [-0.39, 0.29) is 0 Å². The monoisotopic (exact) mass is 361 g/mol. The summed E-state index contributed by atoms with van der Waals surface area (Å²) in [4.78, 5) is 15.3. The summed E-state index contributed by atoms with van der Waals surface area (Å²) in [5.74, 6) is 0. The smallest absolute Gasteiger partial charge is 0.153 e. The van der Waals surface area contributed by atoms with E-state index in [0.717, 1.165) is 22.0 Å². The lowest BCUT2D eigenvalue weighted by atomic mass is 10.1. The number of halogens is 2. The van der Waals surface area contributed by atoms with Crippen molar-refractivity contribution in [3.05, 3.63) is 64.0 Å². The summed E-state index contributed by atoms with van der Waals surface area (Å²) in [5.41, 5.74) is 2.58. The van der Waals surface area contributed by atoms with Crippen LogP contribution in [0.25, 0.3) is 16.9 Å². The molecule has 3 aromatic rings. The average molecular weight is 363 g/mol. The average Bonchev–Trinajstić information content (AvgIpc) is 2.92. The number of aromatic nitrogens is 3. The molecule has 0 amide bonds. The Bertz CT molecular complexity index is 802. The summed E-state index contributed by atoms with van der Waals surface area (Å²) in [5, 5.41) is 5.00. The molecule has 0 saturated heterocycles. The van der Waals surface area contributed by atoms with Crippen molar-refractivity contribution >= 4 is 33.8 Å². The van der Waals surface area contributed by atoms with E-state index in [1.165, 1.54) is 0 Å². The second kappa shape index (κ2) is 5.79. The van der Waals surface area contributed by atoms with Crippen molar-refractivity contribution in [2.75, 3.05) is 0 Å². The first-order valence-electron chi connectivity index (χ1n) is 6.09. The fourth-order valence-corrected chi connectivity index (χ4v) is 2.76. The molecule has 6 heteroatoms. The van der Waals surface area contributed by atoms with Crippen LogP contribution in [-0.2, 0) is 0 Å². The molecule has 21 heavy (non-hydrogen) atoms. The summed E-state index contributed by atoms with van der Waals surface area (Å²) in [7, 11) is 0. The molecule has 0 saturated carbocycles. The van der Waals surface area contributed by atoms with Crippen molar-refractivity contribution in [1.29, 1.82) is 0 Å². The molecule has 0 fully saturated rings. The Balaban J connectivity index is 2.15. The van der Waals surface area contributed by atoms with Crippen molar-refractivity contribution in [1.82, 2.24) is 14.8 Å². The van der Waals surface area contributed by atoms with Gasteiger partial charge >= 0.3 is 0 Å². The number of hydrogen-bond donors (Lipinski definition) is 0. The van der Waals surface area contributed by atoms with Gasteiger partial charge in [0.15, 0.2) is 6.29 Å². The number of carbonyl (C=O) groups excluding carboxylic acids is 1. The van der Waals surface area contributed by atoms with Crippen LogP contribution in [0.5, 0.6) is 0 Å². The zero-order valence-electron chi connectivity index (χ0n) is 10.7. The third kappa shape index (κ3) is 2.75. The minimum absolute atomic E-state index is 0.482. The summed E-state index contributed by atoms with van der Waals surface area (Å²) >= 11 is 9.60. The molecule has 0 radical (unpaired) electrons. The highest BCUT2D eigenvalue weighted by Gasteiger charge is 2.14. The van der Waals surface area contributed by atoms with Crippen LogP contribution in [0, 0.1) is 0 Å². The van der Waals surface area contributed by atoms with E-state index in [9.17, 15) is 4.79 Å². The summed E-state index contributed by atoms with van der Waals surface area (Å²) < 4.78 is 2.51. The van der Waals surface area contributed by atoms with E-state index in [1.54, 1.807) is 29.3 Å². The van der Waals surface area contributed by atoms with Crippen molar-refractivity contribution in [2.45, 2.75) is 0 Å². The number of rotatable bonds is 3. The fraction of sp³-hybridized carbons (Fsp3) is 0. The summed E-state index contributed by atoms with van der Waals surface area (Å²) in [6, 6.07) is 9.10. The van der Waals surface area contributed by atoms with Crippen LogP contribution in [0.2, 0.25) is 5.02 Å². The third-order valence-corrected chi connectivity index (χ3v) is 3.79. The Labute approximate surface area is 134 Å². The van der Waals surface area contributed by atoms with Crippen LogP contribution >= 0.6 is 27.5 Å². The third-order valence-electron chi connectivity index (χ3n) is 2.98. The van der Waals surface area contributed by atoms with Gasteiger partial charge in [0, 0.05) is 28.6 Å². The van der Waals surface area contributed by atoms with E-state index in [1.807, 2.05) is 24.3 Å². The SMILES string of the molecule is O=Cc1cn(-c2ccncc2)nc1-c1ccc(Br)cc1Cl. The molecule has 1 aromatic carbocycles. The Morgan fingerprint density at radius 1 is 1.19 bits per heavy atom. The molecule has 2 heterocycles. The molecule has 3 rings (SSSR count). The van der Waals surface area contributed by atoms with Gasteiger partial charge in [-0.2, -0.15) is 5.10 Å². The normalized spacial score (nSPS) is 10.6. The van der Waals surface area contributed by atoms with Crippen LogP contribution in [0.15, 0.2) is 53.4 Å². The van der Waals surface area contributed by atoms with E-state index < -0.39 is 0 Å². The maximum Gasteiger partial charge on any atom is 0.153 e. The predicted molar refractivity (Wildman–Crippen MR) is 84.9 cm³/mol. The molecule has 0 bridgehead atoms. The summed E-state index contributed by atoms with van der Waals surface area (Å²) in [6.45, 7) is 0. The van der Waals surface area contributed by atoms with E-state index >= 15 is 0 Å². The molecule has 2 aromatic heterocycles. The fourth-order valence-electron chi connectivity index (χ4n) is 1.99. The van der Waals surface area contributed by atoms with Crippen molar-refractivity contribution in [3.8, 4) is 16.9 Å². The van der Waals surface area contributed by atoms with Gasteiger partial charge in [0.2, 0.25) is 0 Å². The number of aldehydes is 1. The van der Waals surface area contributed by atoms with Gasteiger partial charge in [0.1, 0.15) is 5.69 Å². The van der Waals surface area contributed by atoms with E-state index in [4.69, 9.17) is 11.6 Å². The Hall–Kier alpha value is -1.98. The minimum Gasteiger partial charge on any atom is -0.298 e. The highest BCUT2D eigenvalue weighted by molar-refractivity contribution is 9.10. The molecule has 4 nitrogen and oxygen atoms in total. The van der Waals surface area contributed by atoms with Crippen LogP contribution in [0.1, 0.15) is 10.4 Å². The predicted octanol–water partition coefficient (Wildman–Crippen LogP) is 4.16. The molecule has 0 spiro atoms. The van der Waals surface area contributed by atoms with Crippen LogP contribution in [0.4, 0.5) is 0 Å². The molecule has 0 aliphatic carbocycles. The van der Waals surface area contributed by atoms with Crippen molar-refractivity contribution < 1.29 is 4.79 Å². The second-order valence-corrected chi connectivity index (χ2v) is 5.65. The van der Waals surface area contributed by atoms with Crippen LogP contribution < -0.4 is 0 Å². The number of benzene rings is 1. The van der Waals surface area contributed by atoms with Crippen molar-refractivity contribution in [3.63, 3.8) is 0 Å². The largest absolute Gasteiger partial charge is 0.298 e. The summed E-state index contributed by atoms with van der Waals surface area (Å²) in [6.07, 6.45) is 5.79. The van der Waals surface area contributed by atoms with Gasteiger partial charge in [-0.1, -0.05) is 33.6 Å². The van der Waals surface area contributed by atoms with E-state index in [0.29, 0.717) is 16.3 Å². The highest BCUT2D eigenvalue weighted by atomic mass is 79.9. The maximum absolute atomic E-state index is 11.3. The van der Waals surface area contributed by atoms with Gasteiger partial charge in [0.25, 0.3) is 0 Å². The number of pyridine rings is 1. The van der Waals surface area contributed by atoms with Gasteiger partial charge < -0.3 is 0 Å². The van der Waals surface area contributed by atoms with Crippen molar-refractivity contribution in [2.24, 2.45) is 0 Å². The molecule has 0 unspecified atom stereocenters. The number of carbonyl (C=O) groups is 1. The molecule has 0 aliphatic heterocycles. The maximum atomic E-state index is 11.3. The Morgan fingerprint density at radius 3 is 2.62 bits per heavy atom. The van der Waals surface area contributed by atoms with Gasteiger partial charge in [-0.15, -0.1) is 0 Å². The highest BCUT2D eigenvalue weighted by Crippen LogP contribution is 2.31. The molecule has 104 valence electrons. The molecular weight excluding hydrogens is 354 g/mol. The standard InChI is InChI=1S/C15H9BrClN3O/c16-11-1-2-13(14(17)7-11)15-10(9-21)8-20(19-15)12-3-5-18-6-4-12/h1-9H. The minimum atomic E-state index is 0.482. The lowest BCUT2D eigenvalue weighted by Gasteiger charge is -2.03. The lowest BCUT2D eigenvalue weighted by molar-refractivity contribution is 0.112. The second-order valence-electron chi connectivity index (χ2n) is 4.33. The molecular formula is C15H9BrClN3O. The first-order valence-corrected chi connectivity index (χ1v) is 7.27. The topological polar surface area (TPSA) is 47.8 Å². The number of nitrogens with zero attached hydrogens (tertiary/aromatic N) is 3. The van der Waals surface area contributed by atoms with Gasteiger partial charge in [-0.05, 0) is 24.3 Å².